The molecule has 3 heterocycles. The summed E-state index contributed by atoms with van der Waals surface area (Å²) in [5.74, 6) is -0.674. The average molecular weight is 490 g/mol. The van der Waals surface area contributed by atoms with Crippen molar-refractivity contribution in [2.24, 2.45) is 0 Å². The molecule has 1 fully saturated rings. The quantitative estimate of drug-likeness (QED) is 0.293. The van der Waals surface area contributed by atoms with Crippen molar-refractivity contribution in [2.45, 2.75) is 13.5 Å². The second-order valence-corrected chi connectivity index (χ2v) is 10.1. The highest BCUT2D eigenvalue weighted by atomic mass is 32.2. The molecule has 8 heteroatoms. The van der Waals surface area contributed by atoms with Crippen molar-refractivity contribution < 1.29 is 9.59 Å². The van der Waals surface area contributed by atoms with E-state index in [-0.39, 0.29) is 11.8 Å². The van der Waals surface area contributed by atoms with Gasteiger partial charge in [-0.05, 0) is 48.3 Å². The molecule has 2 amide bonds. The number of hydrazine groups is 1. The number of thioether (sulfide) groups is 1. The predicted octanol–water partition coefficient (Wildman–Crippen LogP) is 5.61. The lowest BCUT2D eigenvalue weighted by molar-refractivity contribution is -0.123. The van der Waals surface area contributed by atoms with Crippen LogP contribution in [0.5, 0.6) is 0 Å². The molecule has 1 N–H and O–H groups in total. The van der Waals surface area contributed by atoms with E-state index in [2.05, 4.69) is 41.2 Å². The van der Waals surface area contributed by atoms with Crippen molar-refractivity contribution in [1.82, 2.24) is 15.0 Å². The summed E-state index contributed by atoms with van der Waals surface area (Å²) in [5, 5.41) is 4.04. The van der Waals surface area contributed by atoms with E-state index in [9.17, 15) is 9.59 Å². The number of amides is 2. The normalized spacial score (nSPS) is 15.1. The number of hydrogen-bond acceptors (Lipinski definition) is 5. The number of rotatable bonds is 5. The Kier molecular flexibility index (Phi) is 5.88. The van der Waals surface area contributed by atoms with E-state index in [1.54, 1.807) is 12.1 Å². The van der Waals surface area contributed by atoms with E-state index < -0.39 is 0 Å². The van der Waals surface area contributed by atoms with Crippen LogP contribution in [0.1, 0.15) is 26.5 Å². The Hall–Kier alpha value is -3.20. The Morgan fingerprint density at radius 3 is 2.58 bits per heavy atom. The first-order valence-corrected chi connectivity index (χ1v) is 12.4. The highest BCUT2D eigenvalue weighted by Crippen LogP contribution is 2.35. The van der Waals surface area contributed by atoms with Crippen molar-refractivity contribution in [2.75, 3.05) is 0 Å². The molecule has 5 nitrogen and oxygen atoms in total. The van der Waals surface area contributed by atoms with Crippen molar-refractivity contribution in [3.8, 4) is 0 Å². The van der Waals surface area contributed by atoms with Crippen LogP contribution >= 0.6 is 35.3 Å². The number of aromatic nitrogens is 1. The maximum Gasteiger partial charge on any atom is 0.285 e. The van der Waals surface area contributed by atoms with Crippen molar-refractivity contribution in [3.05, 3.63) is 98.7 Å². The Morgan fingerprint density at radius 2 is 1.82 bits per heavy atom. The van der Waals surface area contributed by atoms with Crippen LogP contribution in [0.4, 0.5) is 0 Å². The average Bonchev–Trinajstić information content (AvgIpc) is 3.52. The van der Waals surface area contributed by atoms with Crippen molar-refractivity contribution >= 4 is 68.4 Å². The van der Waals surface area contributed by atoms with Gasteiger partial charge in [0.2, 0.25) is 0 Å². The van der Waals surface area contributed by atoms with Gasteiger partial charge >= 0.3 is 0 Å². The highest BCUT2D eigenvalue weighted by molar-refractivity contribution is 8.26. The molecule has 0 unspecified atom stereocenters. The molecule has 0 saturated carbocycles. The second-order valence-electron chi connectivity index (χ2n) is 7.52. The fraction of sp³-hybridized carbons (Fsp3) is 0.0800. The minimum absolute atomic E-state index is 0.307. The summed E-state index contributed by atoms with van der Waals surface area (Å²) in [6.45, 7) is 2.80. The van der Waals surface area contributed by atoms with E-state index in [0.29, 0.717) is 14.1 Å². The number of nitrogens with one attached hydrogen (secondary N) is 1. The van der Waals surface area contributed by atoms with Crippen LogP contribution < -0.4 is 5.43 Å². The summed E-state index contributed by atoms with van der Waals surface area (Å²) >= 11 is 7.89. The zero-order valence-corrected chi connectivity index (χ0v) is 20.1. The third kappa shape index (κ3) is 4.13. The molecule has 0 radical (unpaired) electrons. The topological polar surface area (TPSA) is 54.3 Å². The Labute approximate surface area is 204 Å². The largest absolute Gasteiger partial charge is 0.340 e. The van der Waals surface area contributed by atoms with Gasteiger partial charge in [0.1, 0.15) is 0 Å². The van der Waals surface area contributed by atoms with Gasteiger partial charge in [0.15, 0.2) is 4.32 Å². The Balaban J connectivity index is 1.49. The second kappa shape index (κ2) is 8.97. The van der Waals surface area contributed by atoms with Crippen LogP contribution in [0.25, 0.3) is 17.0 Å². The molecular weight excluding hydrogens is 470 g/mol. The monoisotopic (exact) mass is 489 g/mol. The van der Waals surface area contributed by atoms with Crippen LogP contribution in [0.3, 0.4) is 0 Å². The first-order chi connectivity index (χ1) is 16.0. The molecule has 2 aromatic carbocycles. The van der Waals surface area contributed by atoms with Gasteiger partial charge in [-0.25, -0.2) is 0 Å². The van der Waals surface area contributed by atoms with Crippen molar-refractivity contribution in [1.29, 1.82) is 0 Å². The van der Waals surface area contributed by atoms with E-state index in [1.165, 1.54) is 28.7 Å². The molecule has 5 rings (SSSR count). The summed E-state index contributed by atoms with van der Waals surface area (Å²) in [4.78, 5) is 26.5. The van der Waals surface area contributed by atoms with E-state index in [1.807, 2.05) is 41.8 Å². The molecule has 164 valence electrons. The standard InChI is InChI=1S/C25H19N3O2S3/c1-16-19(18-10-5-6-11-20(18)27(16)15-17-8-3-2-4-9-17)14-22-24(30)28(25(31)33-22)26-23(29)21-12-7-13-32-21/h2-14H,15H2,1H3,(H,26,29)/b22-14-. The highest BCUT2D eigenvalue weighted by Gasteiger charge is 2.34. The van der Waals surface area contributed by atoms with Crippen LogP contribution in [0.15, 0.2) is 77.0 Å². The van der Waals surface area contributed by atoms with Gasteiger partial charge in [-0.2, -0.15) is 5.01 Å². The number of carbonyl (C=O) groups is 2. The number of benzene rings is 2. The number of hydrogen-bond donors (Lipinski definition) is 1. The van der Waals surface area contributed by atoms with Gasteiger partial charge in [-0.3, -0.25) is 15.0 Å². The first-order valence-electron chi connectivity index (χ1n) is 10.3. The van der Waals surface area contributed by atoms with Gasteiger partial charge < -0.3 is 4.57 Å². The van der Waals surface area contributed by atoms with Gasteiger partial charge in [-0.15, -0.1) is 11.3 Å². The third-order valence-corrected chi connectivity index (χ3v) is 7.66. The summed E-state index contributed by atoms with van der Waals surface area (Å²) < 4.78 is 2.57. The Morgan fingerprint density at radius 1 is 1.06 bits per heavy atom. The molecule has 0 atom stereocenters. The minimum Gasteiger partial charge on any atom is -0.340 e. The van der Waals surface area contributed by atoms with Gasteiger partial charge in [0, 0.05) is 28.7 Å². The number of carbonyl (C=O) groups excluding carboxylic acids is 2. The van der Waals surface area contributed by atoms with Gasteiger partial charge in [-0.1, -0.05) is 66.4 Å². The van der Waals surface area contributed by atoms with E-state index in [4.69, 9.17) is 12.2 Å². The molecule has 0 spiro atoms. The van der Waals surface area contributed by atoms with Crippen LogP contribution in [-0.4, -0.2) is 25.7 Å². The lowest BCUT2D eigenvalue weighted by atomic mass is 10.1. The lowest BCUT2D eigenvalue weighted by Gasteiger charge is -2.14. The number of nitrogens with zero attached hydrogens (tertiary/aromatic N) is 2. The molecule has 1 aliphatic heterocycles. The number of thiophene rings is 1. The summed E-state index contributed by atoms with van der Waals surface area (Å²) in [5.41, 5.74) is 6.98. The van der Waals surface area contributed by atoms with Crippen LogP contribution in [0, 0.1) is 6.92 Å². The zero-order valence-electron chi connectivity index (χ0n) is 17.6. The van der Waals surface area contributed by atoms with E-state index >= 15 is 0 Å². The summed E-state index contributed by atoms with van der Waals surface area (Å²) in [6.07, 6.45) is 1.88. The minimum atomic E-state index is -0.349. The predicted molar refractivity (Wildman–Crippen MR) is 139 cm³/mol. The third-order valence-electron chi connectivity index (χ3n) is 5.49. The SMILES string of the molecule is Cc1c(/C=C2\SC(=S)N(NC(=O)c3cccs3)C2=O)c2ccccc2n1Cc1ccccc1. The molecule has 4 aromatic rings. The number of para-hydroxylation sites is 1. The Bertz CT molecular complexity index is 1410. The van der Waals surface area contributed by atoms with E-state index in [0.717, 1.165) is 33.7 Å². The fourth-order valence-electron chi connectivity index (χ4n) is 3.87. The van der Waals surface area contributed by atoms with Gasteiger partial charge in [0.05, 0.1) is 9.78 Å². The molecule has 0 aliphatic carbocycles. The van der Waals surface area contributed by atoms with Gasteiger partial charge in [0.25, 0.3) is 11.8 Å². The molecule has 2 aromatic heterocycles. The maximum atomic E-state index is 13.1. The van der Waals surface area contributed by atoms with Crippen LogP contribution in [-0.2, 0) is 11.3 Å². The summed E-state index contributed by atoms with van der Waals surface area (Å²) in [6, 6.07) is 22.0. The maximum absolute atomic E-state index is 13.1. The van der Waals surface area contributed by atoms with Crippen LogP contribution in [0.2, 0.25) is 0 Å². The molecule has 0 bridgehead atoms. The molecule has 1 saturated heterocycles. The smallest absolute Gasteiger partial charge is 0.285 e. The molecule has 1 aliphatic rings. The summed E-state index contributed by atoms with van der Waals surface area (Å²) in [7, 11) is 0. The first kappa shape index (κ1) is 21.6. The number of fused-ring (bicyclic) bond motifs is 1. The molecule has 33 heavy (non-hydrogen) atoms. The molecular formula is C25H19N3O2S3. The fourth-order valence-corrected chi connectivity index (χ4v) is 5.64. The lowest BCUT2D eigenvalue weighted by Crippen LogP contribution is -2.44. The zero-order chi connectivity index (χ0) is 22.9. The van der Waals surface area contributed by atoms with Crippen molar-refractivity contribution in [3.63, 3.8) is 0 Å². The number of thiocarbonyl (C=S) groups is 1.